The van der Waals surface area contributed by atoms with Crippen molar-refractivity contribution in [2.75, 3.05) is 17.3 Å². The minimum atomic E-state index is 0.481. The summed E-state index contributed by atoms with van der Waals surface area (Å²) in [4.78, 5) is 0. The summed E-state index contributed by atoms with van der Waals surface area (Å²) in [7, 11) is 0. The first-order valence-electron chi connectivity index (χ1n) is 5.05. The number of nitriles is 1. The van der Waals surface area contributed by atoms with E-state index in [4.69, 9.17) is 5.26 Å². The highest BCUT2D eigenvalue weighted by Gasteiger charge is 2.04. The molecule has 0 aliphatic carbocycles. The lowest BCUT2D eigenvalue weighted by atomic mass is 10.2. The van der Waals surface area contributed by atoms with Crippen molar-refractivity contribution in [2.45, 2.75) is 19.4 Å². The molecular formula is C12H16N2S. The number of nitrogens with one attached hydrogen (secondary N) is 1. The Bertz CT molecular complexity index is 344. The zero-order valence-corrected chi connectivity index (χ0v) is 9.97. The van der Waals surface area contributed by atoms with Gasteiger partial charge in [-0.1, -0.05) is 13.0 Å². The summed E-state index contributed by atoms with van der Waals surface area (Å²) in [5.41, 5.74) is 1.74. The summed E-state index contributed by atoms with van der Waals surface area (Å²) in [6.07, 6.45) is 3.20. The van der Waals surface area contributed by atoms with Gasteiger partial charge in [-0.05, 0) is 30.9 Å². The third kappa shape index (κ3) is 3.85. The van der Waals surface area contributed by atoms with Crippen LogP contribution in [-0.2, 0) is 0 Å². The van der Waals surface area contributed by atoms with Crippen LogP contribution in [0, 0.1) is 11.3 Å². The van der Waals surface area contributed by atoms with E-state index in [0.717, 1.165) is 17.9 Å². The predicted octanol–water partition coefficient (Wildman–Crippen LogP) is 3.11. The maximum Gasteiger partial charge on any atom is 0.0992 e. The Morgan fingerprint density at radius 3 is 2.93 bits per heavy atom. The van der Waals surface area contributed by atoms with Crippen LogP contribution in [0.25, 0.3) is 0 Å². The molecule has 3 heteroatoms. The average molecular weight is 220 g/mol. The molecule has 1 unspecified atom stereocenters. The Hall–Kier alpha value is -1.14. The fourth-order valence-corrected chi connectivity index (χ4v) is 2.10. The third-order valence-corrected chi connectivity index (χ3v) is 2.96. The average Bonchev–Trinajstić information content (AvgIpc) is 2.29. The van der Waals surface area contributed by atoms with E-state index in [-0.39, 0.29) is 0 Å². The molecule has 0 fully saturated rings. The van der Waals surface area contributed by atoms with Crippen molar-refractivity contribution in [3.8, 4) is 6.07 Å². The van der Waals surface area contributed by atoms with Gasteiger partial charge in [0.15, 0.2) is 0 Å². The smallest absolute Gasteiger partial charge is 0.0992 e. The van der Waals surface area contributed by atoms with Crippen LogP contribution in [0.1, 0.15) is 18.9 Å². The van der Waals surface area contributed by atoms with Crippen molar-refractivity contribution in [3.63, 3.8) is 0 Å². The van der Waals surface area contributed by atoms with E-state index in [1.54, 1.807) is 0 Å². The number of benzene rings is 1. The second kappa shape index (κ2) is 6.36. The largest absolute Gasteiger partial charge is 0.381 e. The van der Waals surface area contributed by atoms with Crippen LogP contribution in [-0.4, -0.2) is 18.1 Å². The monoisotopic (exact) mass is 220 g/mol. The molecule has 1 rings (SSSR count). The number of anilines is 1. The molecule has 1 atom stereocenters. The van der Waals surface area contributed by atoms with Gasteiger partial charge >= 0.3 is 0 Å². The molecule has 0 heterocycles. The van der Waals surface area contributed by atoms with E-state index in [1.165, 1.54) is 0 Å². The second-order valence-corrected chi connectivity index (χ2v) is 4.31. The van der Waals surface area contributed by atoms with E-state index in [2.05, 4.69) is 24.6 Å². The Labute approximate surface area is 95.7 Å². The van der Waals surface area contributed by atoms with Gasteiger partial charge in [0.25, 0.3) is 0 Å². The van der Waals surface area contributed by atoms with E-state index in [9.17, 15) is 0 Å². The Morgan fingerprint density at radius 1 is 1.53 bits per heavy atom. The molecule has 0 aliphatic heterocycles. The van der Waals surface area contributed by atoms with Crippen molar-refractivity contribution in [1.82, 2.24) is 0 Å². The van der Waals surface area contributed by atoms with E-state index >= 15 is 0 Å². The highest BCUT2D eigenvalue weighted by molar-refractivity contribution is 7.98. The minimum absolute atomic E-state index is 0.481. The van der Waals surface area contributed by atoms with Crippen molar-refractivity contribution in [1.29, 1.82) is 5.26 Å². The summed E-state index contributed by atoms with van der Waals surface area (Å²) in [6, 6.07) is 10.3. The molecule has 15 heavy (non-hydrogen) atoms. The third-order valence-electron chi connectivity index (χ3n) is 2.22. The summed E-state index contributed by atoms with van der Waals surface area (Å²) in [6.45, 7) is 2.17. The van der Waals surface area contributed by atoms with Gasteiger partial charge in [0, 0.05) is 17.5 Å². The van der Waals surface area contributed by atoms with Crippen molar-refractivity contribution in [2.24, 2.45) is 0 Å². The topological polar surface area (TPSA) is 35.8 Å². The molecule has 0 amide bonds. The molecule has 80 valence electrons. The maximum absolute atomic E-state index is 8.77. The maximum atomic E-state index is 8.77. The number of hydrogen-bond acceptors (Lipinski definition) is 3. The van der Waals surface area contributed by atoms with Crippen LogP contribution >= 0.6 is 11.8 Å². The standard InChI is InChI=1S/C12H16N2S/c1-3-11(9-15-2)14-12-6-4-5-10(7-12)8-13/h4-7,11,14H,3,9H2,1-2H3. The van der Waals surface area contributed by atoms with Gasteiger partial charge in [-0.2, -0.15) is 17.0 Å². The van der Waals surface area contributed by atoms with Gasteiger partial charge < -0.3 is 5.32 Å². The fraction of sp³-hybridized carbons (Fsp3) is 0.417. The molecular weight excluding hydrogens is 204 g/mol. The summed E-state index contributed by atoms with van der Waals surface area (Å²) >= 11 is 1.84. The molecule has 0 bridgehead atoms. The van der Waals surface area contributed by atoms with Crippen LogP contribution in [0.2, 0.25) is 0 Å². The zero-order chi connectivity index (χ0) is 11.1. The summed E-state index contributed by atoms with van der Waals surface area (Å²) in [5, 5.41) is 12.2. The molecule has 0 aromatic heterocycles. The van der Waals surface area contributed by atoms with Crippen molar-refractivity contribution < 1.29 is 0 Å². The van der Waals surface area contributed by atoms with E-state index in [1.807, 2.05) is 36.0 Å². The SMILES string of the molecule is CCC(CSC)Nc1cccc(C#N)c1. The highest BCUT2D eigenvalue weighted by Crippen LogP contribution is 2.13. The zero-order valence-electron chi connectivity index (χ0n) is 9.16. The molecule has 2 nitrogen and oxygen atoms in total. The first-order valence-corrected chi connectivity index (χ1v) is 6.45. The minimum Gasteiger partial charge on any atom is -0.381 e. The molecule has 1 aromatic carbocycles. The van der Waals surface area contributed by atoms with E-state index in [0.29, 0.717) is 11.6 Å². The highest BCUT2D eigenvalue weighted by atomic mass is 32.2. The van der Waals surface area contributed by atoms with Crippen LogP contribution in [0.4, 0.5) is 5.69 Å². The van der Waals surface area contributed by atoms with Gasteiger partial charge in [-0.25, -0.2) is 0 Å². The predicted molar refractivity (Wildman–Crippen MR) is 67.2 cm³/mol. The quantitative estimate of drug-likeness (QED) is 0.828. The number of hydrogen-bond donors (Lipinski definition) is 1. The van der Waals surface area contributed by atoms with Crippen LogP contribution in [0.15, 0.2) is 24.3 Å². The van der Waals surface area contributed by atoms with E-state index < -0.39 is 0 Å². The van der Waals surface area contributed by atoms with Crippen molar-refractivity contribution >= 4 is 17.4 Å². The van der Waals surface area contributed by atoms with Crippen LogP contribution in [0.3, 0.4) is 0 Å². The van der Waals surface area contributed by atoms with Gasteiger partial charge in [0.05, 0.1) is 11.6 Å². The molecule has 0 aliphatic rings. The number of rotatable bonds is 5. The number of thioether (sulfide) groups is 1. The van der Waals surface area contributed by atoms with Gasteiger partial charge in [-0.3, -0.25) is 0 Å². The summed E-state index contributed by atoms with van der Waals surface area (Å²) < 4.78 is 0. The Morgan fingerprint density at radius 2 is 2.33 bits per heavy atom. The lowest BCUT2D eigenvalue weighted by Gasteiger charge is -2.17. The van der Waals surface area contributed by atoms with Crippen LogP contribution in [0.5, 0.6) is 0 Å². The molecule has 0 spiro atoms. The lowest BCUT2D eigenvalue weighted by molar-refractivity contribution is 0.775. The normalized spacial score (nSPS) is 11.8. The van der Waals surface area contributed by atoms with Crippen molar-refractivity contribution in [3.05, 3.63) is 29.8 Å². The fourth-order valence-electron chi connectivity index (χ4n) is 1.38. The van der Waals surface area contributed by atoms with Crippen LogP contribution < -0.4 is 5.32 Å². The first-order chi connectivity index (χ1) is 7.30. The van der Waals surface area contributed by atoms with Gasteiger partial charge in [0.2, 0.25) is 0 Å². The molecule has 1 N–H and O–H groups in total. The second-order valence-electron chi connectivity index (χ2n) is 3.40. The Kier molecular flexibility index (Phi) is 5.06. The lowest BCUT2D eigenvalue weighted by Crippen LogP contribution is -2.20. The molecule has 0 saturated carbocycles. The first kappa shape index (κ1) is 11.9. The van der Waals surface area contributed by atoms with Gasteiger partial charge in [-0.15, -0.1) is 0 Å². The van der Waals surface area contributed by atoms with Gasteiger partial charge in [0.1, 0.15) is 0 Å². The Balaban J connectivity index is 2.66. The summed E-state index contributed by atoms with van der Waals surface area (Å²) in [5.74, 6) is 1.09. The number of nitrogens with zero attached hydrogens (tertiary/aromatic N) is 1. The molecule has 0 saturated heterocycles. The molecule has 0 radical (unpaired) electrons. The molecule has 1 aromatic rings.